The van der Waals surface area contributed by atoms with Crippen LogP contribution >= 0.6 is 0 Å². The molecule has 0 aromatic heterocycles. The summed E-state index contributed by atoms with van der Waals surface area (Å²) >= 11 is 0. The first kappa shape index (κ1) is 17.6. The number of esters is 2. The average molecular weight is 386 g/mol. The Kier molecular flexibility index (Phi) is 3.83. The van der Waals surface area contributed by atoms with E-state index >= 15 is 0 Å². The van der Waals surface area contributed by atoms with Crippen LogP contribution in [0.4, 0.5) is 13.2 Å². The Morgan fingerprint density at radius 3 is 2.67 bits per heavy atom. The van der Waals surface area contributed by atoms with Gasteiger partial charge in [-0.25, -0.2) is 14.0 Å². The van der Waals surface area contributed by atoms with Crippen molar-refractivity contribution < 1.29 is 46.9 Å². The van der Waals surface area contributed by atoms with Crippen LogP contribution in [0.1, 0.15) is 23.2 Å². The summed E-state index contributed by atoms with van der Waals surface area (Å²) < 4.78 is 54.5. The molecule has 2 saturated carbocycles. The maximum absolute atomic E-state index is 13.9. The number of carbonyl (C=O) groups is 3. The van der Waals surface area contributed by atoms with E-state index in [0.29, 0.717) is 18.9 Å². The Bertz CT molecular complexity index is 840. The highest BCUT2D eigenvalue weighted by atomic mass is 19.3. The summed E-state index contributed by atoms with van der Waals surface area (Å²) in [6.07, 6.45) is -4.46. The summed E-state index contributed by atoms with van der Waals surface area (Å²) in [5, 5.41) is 8.31. The van der Waals surface area contributed by atoms with Crippen LogP contribution in [0.25, 0.3) is 0 Å². The van der Waals surface area contributed by atoms with Crippen LogP contribution in [0.3, 0.4) is 0 Å². The standard InChI is InChI=1S/C17H13F3O7/c18-10-5-6(1-2-11(10)27-17(19,20)16(23)24)14(21)25-12-7-3-8-9(4-7)15(22)26-13(8)12/h1-2,5,7-9,12-13H,3-4H2,(H,23,24). The molecule has 27 heavy (non-hydrogen) atoms. The van der Waals surface area contributed by atoms with Gasteiger partial charge in [0.05, 0.1) is 11.5 Å². The topological polar surface area (TPSA) is 99.1 Å². The molecule has 0 spiro atoms. The van der Waals surface area contributed by atoms with Gasteiger partial charge in [-0.1, -0.05) is 0 Å². The number of fused-ring (bicyclic) bond motifs is 1. The number of aliphatic carboxylic acids is 1. The van der Waals surface area contributed by atoms with E-state index in [0.717, 1.165) is 12.1 Å². The number of halogens is 3. The monoisotopic (exact) mass is 386 g/mol. The van der Waals surface area contributed by atoms with Crippen molar-refractivity contribution in [3.8, 4) is 5.75 Å². The van der Waals surface area contributed by atoms with Crippen molar-refractivity contribution in [2.45, 2.75) is 31.2 Å². The zero-order chi connectivity index (χ0) is 19.5. The van der Waals surface area contributed by atoms with Gasteiger partial charge in [-0.2, -0.15) is 8.78 Å². The third-order valence-corrected chi connectivity index (χ3v) is 5.31. The van der Waals surface area contributed by atoms with Gasteiger partial charge in [0.1, 0.15) is 12.2 Å². The van der Waals surface area contributed by atoms with Gasteiger partial charge >= 0.3 is 24.0 Å². The molecule has 1 heterocycles. The number of carbonyl (C=O) groups excluding carboxylic acids is 2. The number of carboxylic acid groups (broad SMARTS) is 1. The van der Waals surface area contributed by atoms with E-state index in [-0.39, 0.29) is 29.3 Å². The highest BCUT2D eigenvalue weighted by molar-refractivity contribution is 5.90. The molecule has 7 nitrogen and oxygen atoms in total. The van der Waals surface area contributed by atoms with Crippen molar-refractivity contribution in [1.29, 1.82) is 0 Å². The number of ether oxygens (including phenoxy) is 3. The van der Waals surface area contributed by atoms with Crippen LogP contribution in [0, 0.1) is 23.6 Å². The third kappa shape index (κ3) is 2.79. The molecule has 5 unspecified atom stereocenters. The zero-order valence-corrected chi connectivity index (χ0v) is 13.6. The maximum Gasteiger partial charge on any atom is 0.502 e. The number of alkyl halides is 2. The summed E-state index contributed by atoms with van der Waals surface area (Å²) in [7, 11) is 0. The second-order valence-electron chi connectivity index (χ2n) is 6.84. The molecular weight excluding hydrogens is 373 g/mol. The molecule has 144 valence electrons. The molecular formula is C17H13F3O7. The van der Waals surface area contributed by atoms with Gasteiger partial charge < -0.3 is 19.3 Å². The number of hydrogen-bond acceptors (Lipinski definition) is 6. The summed E-state index contributed by atoms with van der Waals surface area (Å²) in [6.45, 7) is 0. The quantitative estimate of drug-likeness (QED) is 0.773. The predicted octanol–water partition coefficient (Wildman–Crippen LogP) is 1.99. The van der Waals surface area contributed by atoms with Crippen molar-refractivity contribution in [3.05, 3.63) is 29.6 Å². The smallest absolute Gasteiger partial charge is 0.474 e. The molecule has 1 aromatic carbocycles. The number of carboxylic acids is 1. The Morgan fingerprint density at radius 1 is 1.26 bits per heavy atom. The van der Waals surface area contributed by atoms with E-state index in [4.69, 9.17) is 14.6 Å². The van der Waals surface area contributed by atoms with Crippen molar-refractivity contribution in [3.63, 3.8) is 0 Å². The Labute approximate surface area is 150 Å². The highest BCUT2D eigenvalue weighted by Crippen LogP contribution is 2.55. The second-order valence-corrected chi connectivity index (χ2v) is 6.84. The first-order valence-corrected chi connectivity index (χ1v) is 8.18. The largest absolute Gasteiger partial charge is 0.502 e. The van der Waals surface area contributed by atoms with Crippen LogP contribution in [0.2, 0.25) is 0 Å². The maximum atomic E-state index is 13.9. The second kappa shape index (κ2) is 5.86. The molecule has 3 fully saturated rings. The summed E-state index contributed by atoms with van der Waals surface area (Å²) in [4.78, 5) is 34.3. The van der Waals surface area contributed by atoms with Gasteiger partial charge in [0.2, 0.25) is 0 Å². The zero-order valence-electron chi connectivity index (χ0n) is 13.6. The van der Waals surface area contributed by atoms with Crippen molar-refractivity contribution in [1.82, 2.24) is 0 Å². The lowest BCUT2D eigenvalue weighted by Crippen LogP contribution is -2.36. The molecule has 3 aliphatic rings. The molecule has 1 aromatic rings. The minimum atomic E-state index is -4.62. The molecule has 1 N–H and O–H groups in total. The normalized spacial score (nSPS) is 30.9. The first-order chi connectivity index (χ1) is 12.7. The van der Waals surface area contributed by atoms with E-state index in [1.165, 1.54) is 0 Å². The lowest BCUT2D eigenvalue weighted by atomic mass is 9.88. The summed E-state index contributed by atoms with van der Waals surface area (Å²) in [5.74, 6) is -6.28. The van der Waals surface area contributed by atoms with Crippen molar-refractivity contribution in [2.75, 3.05) is 0 Å². The fourth-order valence-corrected chi connectivity index (χ4v) is 4.15. The molecule has 1 saturated heterocycles. The van der Waals surface area contributed by atoms with Gasteiger partial charge in [-0.3, -0.25) is 4.79 Å². The molecule has 2 aliphatic carbocycles. The van der Waals surface area contributed by atoms with E-state index in [2.05, 4.69) is 4.74 Å². The van der Waals surface area contributed by atoms with Gasteiger partial charge in [-0.15, -0.1) is 0 Å². The molecule has 5 atom stereocenters. The van der Waals surface area contributed by atoms with E-state index in [1.807, 2.05) is 0 Å². The van der Waals surface area contributed by atoms with Crippen molar-refractivity contribution in [2.24, 2.45) is 17.8 Å². The number of rotatable bonds is 5. The van der Waals surface area contributed by atoms with E-state index in [1.54, 1.807) is 0 Å². The molecule has 4 rings (SSSR count). The third-order valence-electron chi connectivity index (χ3n) is 5.31. The average Bonchev–Trinajstić information content (AvgIpc) is 3.21. The lowest BCUT2D eigenvalue weighted by molar-refractivity contribution is -0.211. The SMILES string of the molecule is O=C(OC1C2CC3C(=O)OC1C3C2)c1ccc(OC(F)(F)C(=O)O)c(F)c1. The molecule has 0 radical (unpaired) electrons. The molecule has 2 bridgehead atoms. The van der Waals surface area contributed by atoms with Crippen LogP contribution in [-0.2, 0) is 19.1 Å². The van der Waals surface area contributed by atoms with Crippen LogP contribution in [-0.4, -0.2) is 41.3 Å². The lowest BCUT2D eigenvalue weighted by Gasteiger charge is -2.25. The molecule has 10 heteroatoms. The van der Waals surface area contributed by atoms with E-state index < -0.39 is 41.8 Å². The van der Waals surface area contributed by atoms with Crippen LogP contribution in [0.15, 0.2) is 18.2 Å². The number of benzene rings is 1. The van der Waals surface area contributed by atoms with Crippen LogP contribution < -0.4 is 4.74 Å². The minimum absolute atomic E-state index is 0.0119. The van der Waals surface area contributed by atoms with Gasteiger partial charge in [0.15, 0.2) is 11.6 Å². The van der Waals surface area contributed by atoms with Gasteiger partial charge in [0, 0.05) is 11.8 Å². The Hall–Kier alpha value is -2.78. The Morgan fingerprint density at radius 2 is 2.00 bits per heavy atom. The summed E-state index contributed by atoms with van der Waals surface area (Å²) in [6, 6.07) is 2.32. The van der Waals surface area contributed by atoms with Gasteiger partial charge in [-0.05, 0) is 31.0 Å². The Balaban J connectivity index is 1.46. The minimum Gasteiger partial charge on any atom is -0.474 e. The summed E-state index contributed by atoms with van der Waals surface area (Å²) in [5.41, 5.74) is -0.262. The fraction of sp³-hybridized carbons (Fsp3) is 0.471. The molecule has 1 aliphatic heterocycles. The highest BCUT2D eigenvalue weighted by Gasteiger charge is 2.63. The molecule has 0 amide bonds. The number of hydrogen-bond donors (Lipinski definition) is 1. The van der Waals surface area contributed by atoms with E-state index in [9.17, 15) is 27.6 Å². The first-order valence-electron chi connectivity index (χ1n) is 8.18. The van der Waals surface area contributed by atoms with Crippen molar-refractivity contribution >= 4 is 17.9 Å². The van der Waals surface area contributed by atoms with Gasteiger partial charge in [0.25, 0.3) is 0 Å². The predicted molar refractivity (Wildman–Crippen MR) is 78.4 cm³/mol. The fourth-order valence-electron chi connectivity index (χ4n) is 4.15. The van der Waals surface area contributed by atoms with Crippen LogP contribution in [0.5, 0.6) is 5.75 Å².